The third-order valence-corrected chi connectivity index (χ3v) is 4.97. The molecule has 2 unspecified atom stereocenters. The summed E-state index contributed by atoms with van der Waals surface area (Å²) in [4.78, 5) is 14.7. The molecule has 2 heterocycles. The van der Waals surface area contributed by atoms with E-state index in [1.54, 1.807) is 14.2 Å². The molecule has 2 fully saturated rings. The average molecular weight is 364 g/mol. The van der Waals surface area contributed by atoms with E-state index in [4.69, 9.17) is 18.9 Å². The van der Waals surface area contributed by atoms with Crippen molar-refractivity contribution in [2.24, 2.45) is 0 Å². The zero-order valence-electron chi connectivity index (χ0n) is 15.5. The predicted molar refractivity (Wildman–Crippen MR) is 96.7 cm³/mol. The van der Waals surface area contributed by atoms with Gasteiger partial charge in [0.2, 0.25) is 5.91 Å². The highest BCUT2D eigenvalue weighted by Crippen LogP contribution is 2.32. The van der Waals surface area contributed by atoms with Gasteiger partial charge in [0.25, 0.3) is 0 Å². The van der Waals surface area contributed by atoms with Gasteiger partial charge in [-0.2, -0.15) is 0 Å². The minimum atomic E-state index is -0.314. The molecular weight excluding hydrogens is 336 g/mol. The molecule has 7 nitrogen and oxygen atoms in total. The van der Waals surface area contributed by atoms with Crippen molar-refractivity contribution >= 4 is 5.91 Å². The van der Waals surface area contributed by atoms with Crippen LogP contribution in [0.15, 0.2) is 18.2 Å². The molecule has 0 aliphatic carbocycles. The summed E-state index contributed by atoms with van der Waals surface area (Å²) in [5, 5.41) is 3.07. The van der Waals surface area contributed by atoms with Crippen LogP contribution < -0.4 is 14.8 Å². The highest BCUT2D eigenvalue weighted by molar-refractivity contribution is 5.81. The van der Waals surface area contributed by atoms with Gasteiger partial charge in [0.15, 0.2) is 11.5 Å². The second-order valence-corrected chi connectivity index (χ2v) is 6.53. The first-order valence-corrected chi connectivity index (χ1v) is 9.16. The lowest BCUT2D eigenvalue weighted by atomic mass is 10.0. The monoisotopic (exact) mass is 364 g/mol. The number of rotatable bonds is 7. The summed E-state index contributed by atoms with van der Waals surface area (Å²) in [6.07, 6.45) is 1.43. The van der Waals surface area contributed by atoms with E-state index in [0.29, 0.717) is 37.9 Å². The second-order valence-electron chi connectivity index (χ2n) is 6.53. The van der Waals surface area contributed by atoms with Crippen molar-refractivity contribution in [1.82, 2.24) is 10.2 Å². The molecule has 0 aromatic heterocycles. The standard InChI is InChI=1S/C19H28N2O5/c1-23-16-6-5-14(12-18(16)24-2)15(21-7-10-25-11-8-21)13-20-19(22)17-4-3-9-26-17/h5-6,12,15,17H,3-4,7-11,13H2,1-2H3,(H,20,22). The maximum atomic E-state index is 12.4. The Balaban J connectivity index is 1.75. The van der Waals surface area contributed by atoms with Crippen molar-refractivity contribution in [3.05, 3.63) is 23.8 Å². The van der Waals surface area contributed by atoms with Crippen molar-refractivity contribution in [2.75, 3.05) is 53.7 Å². The Morgan fingerprint density at radius 3 is 2.65 bits per heavy atom. The number of nitrogens with zero attached hydrogens (tertiary/aromatic N) is 1. The molecule has 7 heteroatoms. The second kappa shape index (κ2) is 9.21. The molecular formula is C19H28N2O5. The summed E-state index contributed by atoms with van der Waals surface area (Å²) < 4.78 is 21.7. The first-order chi connectivity index (χ1) is 12.7. The van der Waals surface area contributed by atoms with E-state index in [9.17, 15) is 4.79 Å². The lowest BCUT2D eigenvalue weighted by Crippen LogP contribution is -2.45. The zero-order chi connectivity index (χ0) is 18.4. The summed E-state index contributed by atoms with van der Waals surface area (Å²) in [5.74, 6) is 1.36. The molecule has 0 saturated carbocycles. The molecule has 1 N–H and O–H groups in total. The molecule has 0 bridgehead atoms. The van der Waals surface area contributed by atoms with Gasteiger partial charge in [0.1, 0.15) is 6.10 Å². The Kier molecular flexibility index (Phi) is 6.71. The fourth-order valence-electron chi connectivity index (χ4n) is 3.50. The predicted octanol–water partition coefficient (Wildman–Crippen LogP) is 1.37. The molecule has 2 aliphatic heterocycles. The van der Waals surface area contributed by atoms with E-state index in [1.165, 1.54) is 0 Å². The normalized spacial score (nSPS) is 22.0. The first-order valence-electron chi connectivity index (χ1n) is 9.16. The van der Waals surface area contributed by atoms with Gasteiger partial charge >= 0.3 is 0 Å². The van der Waals surface area contributed by atoms with Crippen molar-refractivity contribution in [1.29, 1.82) is 0 Å². The Bertz CT molecular complexity index is 598. The molecule has 3 rings (SSSR count). The van der Waals surface area contributed by atoms with Crippen LogP contribution in [0.2, 0.25) is 0 Å². The lowest BCUT2D eigenvalue weighted by molar-refractivity contribution is -0.130. The smallest absolute Gasteiger partial charge is 0.249 e. The number of carbonyl (C=O) groups excluding carboxylic acids is 1. The van der Waals surface area contributed by atoms with Crippen LogP contribution >= 0.6 is 0 Å². The molecule has 26 heavy (non-hydrogen) atoms. The zero-order valence-corrected chi connectivity index (χ0v) is 15.5. The van der Waals surface area contributed by atoms with Gasteiger partial charge in [-0.25, -0.2) is 0 Å². The summed E-state index contributed by atoms with van der Waals surface area (Å²) in [6.45, 7) is 4.24. The maximum absolute atomic E-state index is 12.4. The Labute approximate surface area is 154 Å². The number of hydrogen-bond donors (Lipinski definition) is 1. The van der Waals surface area contributed by atoms with Gasteiger partial charge < -0.3 is 24.3 Å². The molecule has 2 atom stereocenters. The van der Waals surface area contributed by atoms with Crippen LogP contribution in [0.3, 0.4) is 0 Å². The highest BCUT2D eigenvalue weighted by Gasteiger charge is 2.27. The van der Waals surface area contributed by atoms with Gasteiger partial charge in [-0.15, -0.1) is 0 Å². The Morgan fingerprint density at radius 2 is 2.00 bits per heavy atom. The van der Waals surface area contributed by atoms with Crippen LogP contribution in [0.1, 0.15) is 24.4 Å². The van der Waals surface area contributed by atoms with Gasteiger partial charge in [-0.3, -0.25) is 9.69 Å². The van der Waals surface area contributed by atoms with Crippen molar-refractivity contribution < 1.29 is 23.7 Å². The SMILES string of the molecule is COc1ccc(C(CNC(=O)C2CCCO2)N2CCOCC2)cc1OC. The van der Waals surface area contributed by atoms with E-state index >= 15 is 0 Å². The van der Waals surface area contributed by atoms with Gasteiger partial charge in [-0.1, -0.05) is 6.07 Å². The summed E-state index contributed by atoms with van der Waals surface area (Å²) in [5.41, 5.74) is 1.08. The molecule has 2 saturated heterocycles. The number of amides is 1. The number of nitrogens with one attached hydrogen (secondary N) is 1. The number of hydrogen-bond acceptors (Lipinski definition) is 6. The molecule has 1 aromatic rings. The summed E-state index contributed by atoms with van der Waals surface area (Å²) in [6, 6.07) is 5.96. The topological polar surface area (TPSA) is 69.3 Å². The van der Waals surface area contributed by atoms with E-state index < -0.39 is 0 Å². The Hall–Kier alpha value is -1.83. The number of carbonyl (C=O) groups is 1. The van der Waals surface area contributed by atoms with E-state index in [-0.39, 0.29) is 18.1 Å². The fraction of sp³-hybridized carbons (Fsp3) is 0.632. The molecule has 144 valence electrons. The Morgan fingerprint density at radius 1 is 1.23 bits per heavy atom. The summed E-state index contributed by atoms with van der Waals surface area (Å²) >= 11 is 0. The summed E-state index contributed by atoms with van der Waals surface area (Å²) in [7, 11) is 3.25. The quantitative estimate of drug-likeness (QED) is 0.788. The molecule has 1 aromatic carbocycles. The van der Waals surface area contributed by atoms with E-state index in [2.05, 4.69) is 10.2 Å². The van der Waals surface area contributed by atoms with Gasteiger partial charge in [-0.05, 0) is 30.5 Å². The minimum absolute atomic E-state index is 0.0266. The lowest BCUT2D eigenvalue weighted by Gasteiger charge is -2.35. The number of benzene rings is 1. The van der Waals surface area contributed by atoms with Crippen molar-refractivity contribution in [3.63, 3.8) is 0 Å². The van der Waals surface area contributed by atoms with Crippen LogP contribution in [-0.4, -0.2) is 70.6 Å². The van der Waals surface area contributed by atoms with Gasteiger partial charge in [0.05, 0.1) is 33.5 Å². The van der Waals surface area contributed by atoms with Crippen molar-refractivity contribution in [2.45, 2.75) is 25.0 Å². The number of methoxy groups -OCH3 is 2. The molecule has 0 radical (unpaired) electrons. The average Bonchev–Trinajstić information content (AvgIpc) is 3.23. The first kappa shape index (κ1) is 18.9. The largest absolute Gasteiger partial charge is 0.493 e. The highest BCUT2D eigenvalue weighted by atomic mass is 16.5. The molecule has 1 amide bonds. The van der Waals surface area contributed by atoms with Crippen LogP contribution in [0.5, 0.6) is 11.5 Å². The maximum Gasteiger partial charge on any atom is 0.249 e. The fourth-order valence-corrected chi connectivity index (χ4v) is 3.50. The van der Waals surface area contributed by atoms with Crippen LogP contribution in [0.4, 0.5) is 0 Å². The van der Waals surface area contributed by atoms with Crippen molar-refractivity contribution in [3.8, 4) is 11.5 Å². The third kappa shape index (κ3) is 4.47. The number of ether oxygens (including phenoxy) is 4. The van der Waals surface area contributed by atoms with Gasteiger partial charge in [0, 0.05) is 26.2 Å². The van der Waals surface area contributed by atoms with Crippen LogP contribution in [0.25, 0.3) is 0 Å². The number of morpholine rings is 1. The molecule has 0 spiro atoms. The van der Waals surface area contributed by atoms with E-state index in [0.717, 1.165) is 31.5 Å². The van der Waals surface area contributed by atoms with Crippen LogP contribution in [-0.2, 0) is 14.3 Å². The molecule has 2 aliphatic rings. The minimum Gasteiger partial charge on any atom is -0.493 e. The van der Waals surface area contributed by atoms with E-state index in [1.807, 2.05) is 18.2 Å². The third-order valence-electron chi connectivity index (χ3n) is 4.97. The van der Waals surface area contributed by atoms with Crippen LogP contribution in [0, 0.1) is 0 Å².